The monoisotopic (exact) mass is 2080 g/mol. The minimum atomic E-state index is -5.12. The van der Waals surface area contributed by atoms with Gasteiger partial charge in [0.2, 0.25) is 17.7 Å². The molecule has 0 aliphatic heterocycles. The van der Waals surface area contributed by atoms with Gasteiger partial charge in [0.1, 0.15) is 0 Å². The van der Waals surface area contributed by atoms with Gasteiger partial charge in [0, 0.05) is 163 Å². The molecule has 0 bridgehead atoms. The Morgan fingerprint density at radius 2 is 0.500 bits per heavy atom. The highest BCUT2D eigenvalue weighted by molar-refractivity contribution is 6.35. The number of hydrogen-bond donors (Lipinski definition) is 9. The molecule has 0 saturated carbocycles. The molecule has 0 unspecified atom stereocenters. The van der Waals surface area contributed by atoms with Crippen LogP contribution in [0.4, 0.5) is 31.1 Å². The number of aliphatic carboxylic acids is 1. The first-order valence-electron chi connectivity index (χ1n) is 42.0. The van der Waals surface area contributed by atoms with E-state index in [1.165, 1.54) is 29.2 Å². The number of amides is 9. The molecule has 0 spiro atoms. The number of allylic oxidation sites excluding steroid dienone is 4. The van der Waals surface area contributed by atoms with Crippen LogP contribution in [0.2, 0.25) is 40.2 Å². The van der Waals surface area contributed by atoms with Gasteiger partial charge in [-0.25, -0.2) is 9.59 Å². The van der Waals surface area contributed by atoms with Crippen LogP contribution in [0.1, 0.15) is 249 Å². The average molecular weight is 2080 g/mol. The molecule has 8 aromatic rings. The third kappa shape index (κ3) is 34.1. The summed E-state index contributed by atoms with van der Waals surface area (Å²) in [4.78, 5) is 145. The van der Waals surface area contributed by atoms with E-state index in [9.17, 15) is 98.9 Å². The van der Waals surface area contributed by atoms with E-state index in [0.29, 0.717) is 200 Å². The normalized spacial score (nSPS) is 10.6. The fraction of sp³-hybridized carbons (Fsp3) is 0.306. The van der Waals surface area contributed by atoms with Crippen molar-refractivity contribution in [3.8, 4) is 0 Å². The molecule has 0 fully saturated rings. The summed E-state index contributed by atoms with van der Waals surface area (Å²) in [6.45, 7) is 13.5. The second-order valence-electron chi connectivity index (χ2n) is 30.7. The van der Waals surface area contributed by atoms with Crippen LogP contribution in [0.3, 0.4) is 0 Å². The summed E-state index contributed by atoms with van der Waals surface area (Å²) < 4.78 is 80.9. The molecule has 0 heterocycles. The Morgan fingerprint density at radius 3 is 0.681 bits per heavy atom. The first kappa shape index (κ1) is 118. The van der Waals surface area contributed by atoms with Crippen molar-refractivity contribution in [2.45, 2.75) is 139 Å². The number of benzene rings is 8. The van der Waals surface area contributed by atoms with Crippen molar-refractivity contribution in [2.24, 2.45) is 0 Å². The first-order valence-corrected chi connectivity index (χ1v) is 45.0. The van der Waals surface area contributed by atoms with E-state index in [2.05, 4.69) is 31.9 Å². The number of carboxylic acid groups (broad SMARTS) is 3. The van der Waals surface area contributed by atoms with E-state index >= 15 is 0 Å². The molecule has 0 aliphatic rings. The van der Waals surface area contributed by atoms with Crippen molar-refractivity contribution in [3.05, 3.63) is 295 Å². The standard InChI is InChI=1S/C25H26Cl2F3N3O3.2C25H29Cl2N3O3.C22H20Cl2O6.CF4O/c1-14-19(24(35)32(4)29)10-16(12-21(14)26)18(8-6-7-9-23(34)31(3)28)17-11-20(25(36)33(5)30)15(2)22(27)13-17;2*1-14-19(24(32)29-4)10-16(12-21(14)26)18(8-6-7-9-23(31)28-3)17-11-20(25(33)30-5)15(2)22(27)13-17;1-11-16(21(27)28)7-13(9-18(11)23)15(5-3-4-6-20(25)26)14-8-17(22(29)30)12(2)19(24)10-14;2-1(3,4)6-5/h8,10-13H,6-7,9H2,1-5H3;2*8,10-13H,6-7,9H2,1-5H3,(H,28,31)(H,29,32)(H,30,33);5,7-10H,3-4,6H2,1-2H3,(H,25,26)(H,27,28)(H,29,30);. The Balaban J connectivity index is 0.000000377. The van der Waals surface area contributed by atoms with E-state index in [1.807, 2.05) is 12.2 Å². The van der Waals surface area contributed by atoms with Crippen LogP contribution in [0.25, 0.3) is 22.3 Å². The maximum atomic E-state index is 13.7. The number of nitrogens with zero attached hydrogens (tertiary/aromatic N) is 3. The number of rotatable bonds is 32. The van der Waals surface area contributed by atoms with Gasteiger partial charge in [-0.15, -0.1) is 13.2 Å². The summed E-state index contributed by atoms with van der Waals surface area (Å²) in [5.41, 5.74) is 13.2. The topological polar surface area (TPSA) is 357 Å². The van der Waals surface area contributed by atoms with Gasteiger partial charge in [-0.1, -0.05) is 135 Å². The molecule has 9 amide bonds. The third-order valence-corrected chi connectivity index (χ3v) is 24.5. The molecule has 0 aromatic heterocycles. The van der Waals surface area contributed by atoms with Crippen LogP contribution in [0.15, 0.2) is 121 Å². The summed E-state index contributed by atoms with van der Waals surface area (Å²) >= 11 is 51.2. The predicted octanol–water partition coefficient (Wildman–Crippen LogP) is 22.9. The van der Waals surface area contributed by atoms with Crippen LogP contribution < -0.4 is 31.9 Å². The fourth-order valence-corrected chi connectivity index (χ4v) is 15.2. The highest BCUT2D eigenvalue weighted by Crippen LogP contribution is 2.41. The van der Waals surface area contributed by atoms with Crippen LogP contribution >= 0.6 is 92.8 Å². The number of nitrogens with one attached hydrogen (secondary N) is 6. The summed E-state index contributed by atoms with van der Waals surface area (Å²) in [7, 11) is 12.4. The number of halogens is 15. The lowest BCUT2D eigenvalue weighted by molar-refractivity contribution is -0.416. The Bertz CT molecular complexity index is 5600. The Labute approximate surface area is 834 Å². The molecule has 0 saturated heterocycles. The maximum absolute atomic E-state index is 13.7. The van der Waals surface area contributed by atoms with E-state index in [-0.39, 0.29) is 112 Å². The Hall–Kier alpha value is -11.9. The smallest absolute Gasteiger partial charge is 0.481 e. The number of aromatic carboxylic acids is 2. The molecule has 742 valence electrons. The van der Waals surface area contributed by atoms with E-state index < -0.39 is 42.0 Å². The lowest BCUT2D eigenvalue weighted by atomic mass is 9.91. The first-order chi connectivity index (χ1) is 64.6. The molecule has 8 aromatic carbocycles. The van der Waals surface area contributed by atoms with Crippen molar-refractivity contribution in [3.63, 3.8) is 0 Å². The number of hydrogen-bond acceptors (Lipinski definition) is 13. The quantitative estimate of drug-likeness (QED) is 0.0107. The van der Waals surface area contributed by atoms with Crippen molar-refractivity contribution >= 4 is 186 Å². The molecule has 40 heteroatoms. The highest BCUT2D eigenvalue weighted by Gasteiger charge is 2.31. The Morgan fingerprint density at radius 1 is 0.312 bits per heavy atom. The molecule has 8 rings (SSSR count). The zero-order valence-corrected chi connectivity index (χ0v) is 84.2. The minimum Gasteiger partial charge on any atom is -0.481 e. The molecular formula is C98H104Cl8F7N9O16. The number of carbonyl (C=O) groups is 12. The SMILES string of the molecule is CNC(=O)CCCC=C(c1cc(Cl)c(C)c(C(=O)NC)c1)c1cc(Cl)c(C)c(C(=O)NC)c1.CNC(=O)CCCC=C(c1cc(Cl)c(C)c(C(=O)NC)c1)c1cc(Cl)c(C)c(C(=O)NC)c1.Cc1c(Cl)cc(C(=CCCCC(=O)N(C)F)c2cc(Cl)c(C)c(C(=O)N(C)F)c2)cc1C(=O)N(C)F.Cc1c(Cl)cc(C(=CCCCC(=O)O)c2cc(Cl)c(C)c(C(=O)O)c2)cc1C(=O)O.FOC(F)(F)F. The van der Waals surface area contributed by atoms with Crippen molar-refractivity contribution in [1.29, 1.82) is 0 Å². The van der Waals surface area contributed by atoms with Crippen molar-refractivity contribution in [1.82, 2.24) is 47.3 Å². The Kier molecular flexibility index (Phi) is 47.8. The van der Waals surface area contributed by atoms with Crippen LogP contribution in [0, 0.1) is 55.4 Å². The molecule has 0 aliphatic carbocycles. The lowest BCUT2D eigenvalue weighted by Gasteiger charge is -2.17. The third-order valence-electron chi connectivity index (χ3n) is 21.4. The fourth-order valence-electron chi connectivity index (χ4n) is 13.4. The summed E-state index contributed by atoms with van der Waals surface area (Å²) in [5.74, 6) is -6.80. The molecule has 0 atom stereocenters. The molecular weight excluding hydrogens is 1980 g/mol. The van der Waals surface area contributed by atoms with Gasteiger partial charge in [-0.05, 0) is 320 Å². The van der Waals surface area contributed by atoms with E-state index in [0.717, 1.165) is 32.3 Å². The van der Waals surface area contributed by atoms with Gasteiger partial charge in [-0.2, -0.15) is 15.4 Å². The van der Waals surface area contributed by atoms with Gasteiger partial charge in [-0.3, -0.25) is 47.9 Å². The van der Waals surface area contributed by atoms with Gasteiger partial charge in [0.05, 0.1) is 11.1 Å². The van der Waals surface area contributed by atoms with Gasteiger partial charge < -0.3 is 47.2 Å². The number of carbonyl (C=O) groups excluding carboxylic acids is 9. The van der Waals surface area contributed by atoms with Crippen LogP contribution in [0.5, 0.6) is 0 Å². The number of unbranched alkanes of at least 4 members (excludes halogenated alkanes) is 4. The van der Waals surface area contributed by atoms with E-state index in [1.54, 1.807) is 183 Å². The van der Waals surface area contributed by atoms with Crippen LogP contribution in [-0.4, -0.2) is 172 Å². The molecule has 138 heavy (non-hydrogen) atoms. The summed E-state index contributed by atoms with van der Waals surface area (Å²) in [6, 6.07) is 26.4. The predicted molar refractivity (Wildman–Crippen MR) is 525 cm³/mol. The largest absolute Gasteiger partial charge is 0.553 e. The van der Waals surface area contributed by atoms with Crippen molar-refractivity contribution < 1.29 is 109 Å². The van der Waals surface area contributed by atoms with Crippen LogP contribution in [-0.2, 0) is 24.1 Å². The number of carboxylic acids is 3. The summed E-state index contributed by atoms with van der Waals surface area (Å²) in [5, 5.41) is 46.2. The van der Waals surface area contributed by atoms with Gasteiger partial charge in [0.25, 0.3) is 35.4 Å². The number of alkyl halides is 3. The molecule has 25 nitrogen and oxygen atoms in total. The minimum absolute atomic E-state index is 0.000811. The highest BCUT2D eigenvalue weighted by atomic mass is 35.5. The molecule has 0 radical (unpaired) electrons. The zero-order chi connectivity index (χ0) is 105. The second kappa shape index (κ2) is 55.7. The van der Waals surface area contributed by atoms with Crippen molar-refractivity contribution in [2.75, 3.05) is 63.4 Å². The maximum Gasteiger partial charge on any atom is 0.553 e. The molecule has 9 N–H and O–H groups in total. The lowest BCUT2D eigenvalue weighted by Crippen LogP contribution is -2.20. The summed E-state index contributed by atoms with van der Waals surface area (Å²) in [6.07, 6.45) is 6.73. The average Bonchev–Trinajstić information content (AvgIpc) is 0.776. The van der Waals surface area contributed by atoms with E-state index in [4.69, 9.17) is 97.9 Å². The van der Waals surface area contributed by atoms with Gasteiger partial charge in [0.15, 0.2) is 0 Å². The van der Waals surface area contributed by atoms with Gasteiger partial charge >= 0.3 is 24.3 Å². The zero-order valence-electron chi connectivity index (χ0n) is 78.2. The second-order valence-corrected chi connectivity index (χ2v) is 34.0.